The Morgan fingerprint density at radius 2 is 2.07 bits per heavy atom. The van der Waals surface area contributed by atoms with Crippen molar-refractivity contribution in [2.75, 3.05) is 26.7 Å². The molecule has 1 saturated carbocycles. The first kappa shape index (κ1) is 23.7. The van der Waals surface area contributed by atoms with E-state index in [-0.39, 0.29) is 29.9 Å². The molecule has 0 bridgehead atoms. The first-order valence-corrected chi connectivity index (χ1v) is 9.95. The molecule has 0 aliphatic heterocycles. The predicted molar refractivity (Wildman–Crippen MR) is 124 cm³/mol. The maximum Gasteiger partial charge on any atom is 0.251 e. The SMILES string of the molecule is CCNC(=NCC1CCCC(C)C1)NCCc1cccc(C(=O)NC)c1.I. The van der Waals surface area contributed by atoms with Gasteiger partial charge in [-0.25, -0.2) is 0 Å². The van der Waals surface area contributed by atoms with Crippen molar-refractivity contribution in [3.8, 4) is 0 Å². The normalized spacial score (nSPS) is 19.7. The molecule has 1 aromatic rings. The molecular formula is C21H35IN4O. The van der Waals surface area contributed by atoms with E-state index in [9.17, 15) is 4.79 Å². The third kappa shape index (κ3) is 8.49. The molecule has 1 aliphatic rings. The van der Waals surface area contributed by atoms with Crippen LogP contribution in [0.2, 0.25) is 0 Å². The highest BCUT2D eigenvalue weighted by Crippen LogP contribution is 2.28. The zero-order chi connectivity index (χ0) is 18.8. The van der Waals surface area contributed by atoms with E-state index in [0.717, 1.165) is 49.4 Å². The Balaban J connectivity index is 0.00000364. The van der Waals surface area contributed by atoms with Crippen molar-refractivity contribution < 1.29 is 4.79 Å². The number of amides is 1. The van der Waals surface area contributed by atoms with Crippen molar-refractivity contribution in [3.63, 3.8) is 0 Å². The summed E-state index contributed by atoms with van der Waals surface area (Å²) >= 11 is 0. The van der Waals surface area contributed by atoms with Crippen molar-refractivity contribution in [2.24, 2.45) is 16.8 Å². The van der Waals surface area contributed by atoms with Gasteiger partial charge in [0, 0.05) is 32.2 Å². The topological polar surface area (TPSA) is 65.5 Å². The van der Waals surface area contributed by atoms with Crippen molar-refractivity contribution in [3.05, 3.63) is 35.4 Å². The summed E-state index contributed by atoms with van der Waals surface area (Å²) in [5.41, 5.74) is 1.85. The van der Waals surface area contributed by atoms with Gasteiger partial charge < -0.3 is 16.0 Å². The van der Waals surface area contributed by atoms with Crippen molar-refractivity contribution in [1.29, 1.82) is 0 Å². The Hall–Kier alpha value is -1.31. The number of carbonyl (C=O) groups excluding carboxylic acids is 1. The molecule has 3 N–H and O–H groups in total. The molecule has 2 rings (SSSR count). The van der Waals surface area contributed by atoms with Crippen LogP contribution in [0.25, 0.3) is 0 Å². The maximum absolute atomic E-state index is 11.7. The van der Waals surface area contributed by atoms with E-state index in [4.69, 9.17) is 4.99 Å². The number of nitrogens with zero attached hydrogens (tertiary/aromatic N) is 1. The molecule has 1 fully saturated rings. The lowest BCUT2D eigenvalue weighted by Crippen LogP contribution is -2.38. The third-order valence-corrected chi connectivity index (χ3v) is 5.02. The van der Waals surface area contributed by atoms with Crippen LogP contribution in [0.5, 0.6) is 0 Å². The van der Waals surface area contributed by atoms with Crippen molar-refractivity contribution >= 4 is 35.8 Å². The Morgan fingerprint density at radius 1 is 1.26 bits per heavy atom. The molecule has 1 amide bonds. The third-order valence-electron chi connectivity index (χ3n) is 5.02. The molecule has 0 spiro atoms. The standard InChI is InChI=1S/C21H34N4O.HI/c1-4-23-21(25-15-18-9-5-7-16(2)13-18)24-12-11-17-8-6-10-19(14-17)20(26)22-3;/h6,8,10,14,16,18H,4-5,7,9,11-13,15H2,1-3H3,(H,22,26)(H2,23,24,25);1H. The summed E-state index contributed by atoms with van der Waals surface area (Å²) in [5, 5.41) is 9.42. The summed E-state index contributed by atoms with van der Waals surface area (Å²) in [5.74, 6) is 2.41. The zero-order valence-corrected chi connectivity index (χ0v) is 19.2. The number of hydrogen-bond acceptors (Lipinski definition) is 2. The summed E-state index contributed by atoms with van der Waals surface area (Å²) in [6.45, 7) is 7.01. The van der Waals surface area contributed by atoms with Gasteiger partial charge >= 0.3 is 0 Å². The molecule has 0 radical (unpaired) electrons. The van der Waals surface area contributed by atoms with Crippen LogP contribution in [0, 0.1) is 11.8 Å². The Morgan fingerprint density at radius 3 is 2.78 bits per heavy atom. The number of benzene rings is 1. The fraction of sp³-hybridized carbons (Fsp3) is 0.619. The quantitative estimate of drug-likeness (QED) is 0.314. The van der Waals surface area contributed by atoms with E-state index in [1.54, 1.807) is 7.05 Å². The Bertz CT molecular complexity index is 606. The largest absolute Gasteiger partial charge is 0.357 e. The lowest BCUT2D eigenvalue weighted by Gasteiger charge is -2.25. The summed E-state index contributed by atoms with van der Waals surface area (Å²) in [6, 6.07) is 7.78. The molecule has 0 saturated heterocycles. The number of aliphatic imine (C=N–C) groups is 1. The van der Waals surface area contributed by atoms with Crippen molar-refractivity contribution in [2.45, 2.75) is 46.0 Å². The van der Waals surface area contributed by atoms with Gasteiger partial charge in [-0.1, -0.05) is 31.9 Å². The van der Waals surface area contributed by atoms with Gasteiger partial charge in [0.25, 0.3) is 5.91 Å². The van der Waals surface area contributed by atoms with E-state index in [2.05, 4.69) is 35.9 Å². The van der Waals surface area contributed by atoms with Gasteiger partial charge in [-0.05, 0) is 55.7 Å². The molecule has 0 heterocycles. The van der Waals surface area contributed by atoms with Crippen molar-refractivity contribution in [1.82, 2.24) is 16.0 Å². The molecule has 1 aliphatic carbocycles. The van der Waals surface area contributed by atoms with E-state index in [0.29, 0.717) is 5.56 Å². The minimum absolute atomic E-state index is 0. The Kier molecular flexibility index (Phi) is 11.4. The second-order valence-corrected chi connectivity index (χ2v) is 7.31. The number of hydrogen-bond donors (Lipinski definition) is 3. The van der Waals surface area contributed by atoms with Gasteiger partial charge in [-0.3, -0.25) is 9.79 Å². The van der Waals surface area contributed by atoms with Gasteiger partial charge in [-0.2, -0.15) is 0 Å². The maximum atomic E-state index is 11.7. The van der Waals surface area contributed by atoms with Crippen LogP contribution in [0.4, 0.5) is 0 Å². The molecule has 27 heavy (non-hydrogen) atoms. The highest BCUT2D eigenvalue weighted by Gasteiger charge is 2.18. The number of guanidine groups is 1. The average Bonchev–Trinajstić information content (AvgIpc) is 2.66. The van der Waals surface area contributed by atoms with Crippen LogP contribution in [0.15, 0.2) is 29.3 Å². The minimum Gasteiger partial charge on any atom is -0.357 e. The molecular weight excluding hydrogens is 451 g/mol. The minimum atomic E-state index is -0.0450. The smallest absolute Gasteiger partial charge is 0.251 e. The van der Waals surface area contributed by atoms with Crippen LogP contribution in [0.3, 0.4) is 0 Å². The highest BCUT2D eigenvalue weighted by molar-refractivity contribution is 14.0. The Labute approximate surface area is 181 Å². The number of nitrogens with one attached hydrogen (secondary N) is 3. The van der Waals surface area contributed by atoms with Gasteiger partial charge in [0.05, 0.1) is 0 Å². The van der Waals surface area contributed by atoms with E-state index < -0.39 is 0 Å². The molecule has 5 nitrogen and oxygen atoms in total. The summed E-state index contributed by atoms with van der Waals surface area (Å²) in [6.07, 6.45) is 6.17. The molecule has 0 aromatic heterocycles. The molecule has 2 atom stereocenters. The van der Waals surface area contributed by atoms with Crippen LogP contribution < -0.4 is 16.0 Å². The van der Waals surface area contributed by atoms with Gasteiger partial charge in [0.15, 0.2) is 5.96 Å². The lowest BCUT2D eigenvalue weighted by molar-refractivity contribution is 0.0963. The molecule has 1 aromatic carbocycles. The van der Waals surface area contributed by atoms with Gasteiger partial charge in [0.1, 0.15) is 0 Å². The number of carbonyl (C=O) groups is 1. The lowest BCUT2D eigenvalue weighted by atomic mass is 9.82. The fourth-order valence-electron chi connectivity index (χ4n) is 3.63. The fourth-order valence-corrected chi connectivity index (χ4v) is 3.63. The highest BCUT2D eigenvalue weighted by atomic mass is 127. The first-order valence-electron chi connectivity index (χ1n) is 9.95. The van der Waals surface area contributed by atoms with E-state index >= 15 is 0 Å². The first-order chi connectivity index (χ1) is 12.6. The predicted octanol–water partition coefficient (Wildman–Crippen LogP) is 3.59. The second kappa shape index (κ2) is 13.0. The summed E-state index contributed by atoms with van der Waals surface area (Å²) < 4.78 is 0. The van der Waals surface area contributed by atoms with Crippen LogP contribution in [-0.4, -0.2) is 38.5 Å². The van der Waals surface area contributed by atoms with Crippen LogP contribution in [-0.2, 0) is 6.42 Å². The molecule has 152 valence electrons. The van der Waals surface area contributed by atoms with E-state index in [1.807, 2.05) is 18.2 Å². The molecule has 2 unspecified atom stereocenters. The molecule has 6 heteroatoms. The zero-order valence-electron chi connectivity index (χ0n) is 16.9. The van der Waals surface area contributed by atoms with Gasteiger partial charge in [0.2, 0.25) is 0 Å². The van der Waals surface area contributed by atoms with Crippen LogP contribution >= 0.6 is 24.0 Å². The number of rotatable bonds is 7. The van der Waals surface area contributed by atoms with E-state index in [1.165, 1.54) is 25.7 Å². The number of halogens is 1. The summed E-state index contributed by atoms with van der Waals surface area (Å²) in [7, 11) is 1.66. The monoisotopic (exact) mass is 486 g/mol. The van der Waals surface area contributed by atoms with Gasteiger partial charge in [-0.15, -0.1) is 24.0 Å². The van der Waals surface area contributed by atoms with Crippen LogP contribution in [0.1, 0.15) is 55.5 Å². The average molecular weight is 486 g/mol. The summed E-state index contributed by atoms with van der Waals surface area (Å²) in [4.78, 5) is 16.5. The second-order valence-electron chi connectivity index (χ2n) is 7.31.